The van der Waals surface area contributed by atoms with Crippen LogP contribution in [-0.4, -0.2) is 5.71 Å². The topological polar surface area (TPSA) is 23.9 Å². The zero-order valence-corrected chi connectivity index (χ0v) is 6.36. The van der Waals surface area contributed by atoms with Gasteiger partial charge in [0.15, 0.2) is 0 Å². The molecule has 0 saturated heterocycles. The van der Waals surface area contributed by atoms with Gasteiger partial charge in [0.25, 0.3) is 0 Å². The summed E-state index contributed by atoms with van der Waals surface area (Å²) in [6, 6.07) is 0. The molecule has 1 aliphatic rings. The van der Waals surface area contributed by atoms with Gasteiger partial charge in [0.05, 0.1) is 5.71 Å². The first kappa shape index (κ1) is 7.00. The number of hydrogen-bond acceptors (Lipinski definition) is 1. The summed E-state index contributed by atoms with van der Waals surface area (Å²) in [7, 11) is 0. The molecular formula is C9H11N. The van der Waals surface area contributed by atoms with Gasteiger partial charge in [-0.1, -0.05) is 18.7 Å². The van der Waals surface area contributed by atoms with Crippen LogP contribution in [0.1, 0.15) is 13.8 Å². The summed E-state index contributed by atoms with van der Waals surface area (Å²) in [6.07, 6.45) is 3.95. The number of rotatable bonds is 0. The second-order valence-corrected chi connectivity index (χ2v) is 2.55. The molecule has 10 heavy (non-hydrogen) atoms. The van der Waals surface area contributed by atoms with Crippen molar-refractivity contribution in [1.82, 2.24) is 0 Å². The van der Waals surface area contributed by atoms with E-state index in [1.165, 1.54) is 0 Å². The third-order valence-corrected chi connectivity index (χ3v) is 1.76. The fourth-order valence-corrected chi connectivity index (χ4v) is 0.869. The van der Waals surface area contributed by atoms with Crippen molar-refractivity contribution in [3.05, 3.63) is 35.5 Å². The molecular weight excluding hydrogens is 122 g/mol. The maximum atomic E-state index is 7.52. The van der Waals surface area contributed by atoms with Crippen LogP contribution < -0.4 is 0 Å². The standard InChI is InChI=1S/C9H11N/c1-6-4-5-7(2)9(10)8(6)3/h4-5,10H,3H2,1-2H3. The molecule has 1 nitrogen and oxygen atoms in total. The molecule has 0 heterocycles. The van der Waals surface area contributed by atoms with E-state index in [9.17, 15) is 0 Å². The van der Waals surface area contributed by atoms with Crippen LogP contribution in [0, 0.1) is 5.41 Å². The van der Waals surface area contributed by atoms with E-state index in [1.54, 1.807) is 0 Å². The summed E-state index contributed by atoms with van der Waals surface area (Å²) in [5, 5.41) is 7.52. The average Bonchev–Trinajstić information content (AvgIpc) is 1.93. The maximum Gasteiger partial charge on any atom is 0.0638 e. The molecule has 52 valence electrons. The van der Waals surface area contributed by atoms with Crippen LogP contribution in [0.2, 0.25) is 0 Å². The van der Waals surface area contributed by atoms with Gasteiger partial charge in [-0.25, -0.2) is 0 Å². The van der Waals surface area contributed by atoms with E-state index in [2.05, 4.69) is 6.58 Å². The molecule has 1 aliphatic carbocycles. The van der Waals surface area contributed by atoms with Gasteiger partial charge in [-0.3, -0.25) is 0 Å². The van der Waals surface area contributed by atoms with Gasteiger partial charge in [-0.2, -0.15) is 0 Å². The summed E-state index contributed by atoms with van der Waals surface area (Å²) in [5.74, 6) is 0. The molecule has 1 N–H and O–H groups in total. The smallest absolute Gasteiger partial charge is 0.0638 e. The third-order valence-electron chi connectivity index (χ3n) is 1.76. The summed E-state index contributed by atoms with van der Waals surface area (Å²) in [6.45, 7) is 7.69. The Kier molecular flexibility index (Phi) is 1.58. The highest BCUT2D eigenvalue weighted by Crippen LogP contribution is 2.18. The van der Waals surface area contributed by atoms with Crippen molar-refractivity contribution in [2.75, 3.05) is 0 Å². The fourth-order valence-electron chi connectivity index (χ4n) is 0.869. The van der Waals surface area contributed by atoms with Crippen molar-refractivity contribution in [2.45, 2.75) is 13.8 Å². The molecule has 0 unspecified atom stereocenters. The highest BCUT2D eigenvalue weighted by molar-refractivity contribution is 6.13. The Morgan fingerprint density at radius 3 is 2.20 bits per heavy atom. The van der Waals surface area contributed by atoms with Gasteiger partial charge in [0.1, 0.15) is 0 Å². The molecule has 0 aromatic heterocycles. The van der Waals surface area contributed by atoms with Gasteiger partial charge in [0.2, 0.25) is 0 Å². The molecule has 0 saturated carbocycles. The Morgan fingerprint density at radius 2 is 1.70 bits per heavy atom. The fraction of sp³-hybridized carbons (Fsp3) is 0.222. The normalized spacial score (nSPS) is 18.6. The number of allylic oxidation sites excluding steroid dienone is 5. The molecule has 1 heteroatoms. The second-order valence-electron chi connectivity index (χ2n) is 2.55. The van der Waals surface area contributed by atoms with Crippen molar-refractivity contribution in [3.63, 3.8) is 0 Å². The minimum atomic E-state index is 0.569. The van der Waals surface area contributed by atoms with Crippen molar-refractivity contribution < 1.29 is 0 Å². The predicted octanol–water partition coefficient (Wildman–Crippen LogP) is 2.47. The molecule has 0 bridgehead atoms. The van der Waals surface area contributed by atoms with Gasteiger partial charge in [-0.05, 0) is 30.6 Å². The Labute approximate surface area is 61.3 Å². The lowest BCUT2D eigenvalue weighted by Crippen LogP contribution is -2.06. The number of nitrogens with one attached hydrogen (secondary N) is 1. The molecule has 0 radical (unpaired) electrons. The minimum Gasteiger partial charge on any atom is -0.300 e. The molecule has 0 fully saturated rings. The molecule has 0 spiro atoms. The first-order valence-electron chi connectivity index (χ1n) is 3.26. The van der Waals surface area contributed by atoms with Crippen LogP contribution in [0.5, 0.6) is 0 Å². The highest BCUT2D eigenvalue weighted by Gasteiger charge is 2.09. The largest absolute Gasteiger partial charge is 0.300 e. The average molecular weight is 133 g/mol. The SMILES string of the molecule is C=C1C(=N)C(C)=CC=C1C. The summed E-state index contributed by atoms with van der Waals surface area (Å²) in [4.78, 5) is 0. The lowest BCUT2D eigenvalue weighted by atomic mass is 9.94. The predicted molar refractivity (Wildman–Crippen MR) is 44.4 cm³/mol. The zero-order valence-electron chi connectivity index (χ0n) is 6.36. The van der Waals surface area contributed by atoms with Crippen LogP contribution in [0.15, 0.2) is 35.5 Å². The lowest BCUT2D eigenvalue weighted by molar-refractivity contribution is 1.35. The first-order valence-corrected chi connectivity index (χ1v) is 3.26. The summed E-state index contributed by atoms with van der Waals surface area (Å²) >= 11 is 0. The summed E-state index contributed by atoms with van der Waals surface area (Å²) in [5.41, 5.74) is 3.51. The van der Waals surface area contributed by atoms with Gasteiger partial charge in [-0.15, -0.1) is 0 Å². The van der Waals surface area contributed by atoms with E-state index in [0.717, 1.165) is 16.7 Å². The van der Waals surface area contributed by atoms with Crippen LogP contribution in [0.25, 0.3) is 0 Å². The van der Waals surface area contributed by atoms with Crippen LogP contribution in [0.3, 0.4) is 0 Å². The van der Waals surface area contributed by atoms with Crippen molar-refractivity contribution in [2.24, 2.45) is 0 Å². The minimum absolute atomic E-state index is 0.569. The van der Waals surface area contributed by atoms with Crippen LogP contribution in [0.4, 0.5) is 0 Å². The van der Waals surface area contributed by atoms with Crippen LogP contribution in [-0.2, 0) is 0 Å². The third kappa shape index (κ3) is 0.947. The Hall–Kier alpha value is -1.11. The van der Waals surface area contributed by atoms with Crippen molar-refractivity contribution >= 4 is 5.71 Å². The molecule has 0 atom stereocenters. The Balaban J connectivity index is 3.09. The van der Waals surface area contributed by atoms with E-state index in [1.807, 2.05) is 26.0 Å². The monoisotopic (exact) mass is 133 g/mol. The van der Waals surface area contributed by atoms with E-state index >= 15 is 0 Å². The second kappa shape index (κ2) is 2.25. The summed E-state index contributed by atoms with van der Waals surface area (Å²) < 4.78 is 0. The van der Waals surface area contributed by atoms with Gasteiger partial charge >= 0.3 is 0 Å². The highest BCUT2D eigenvalue weighted by atomic mass is 14.4. The van der Waals surface area contributed by atoms with Gasteiger partial charge in [0, 0.05) is 0 Å². The zero-order chi connectivity index (χ0) is 7.72. The van der Waals surface area contributed by atoms with E-state index in [4.69, 9.17) is 5.41 Å². The molecule has 0 amide bonds. The Morgan fingerprint density at radius 1 is 1.20 bits per heavy atom. The lowest BCUT2D eigenvalue weighted by Gasteiger charge is -2.12. The first-order chi connectivity index (χ1) is 4.63. The molecule has 0 aromatic carbocycles. The quantitative estimate of drug-likeness (QED) is 0.525. The van der Waals surface area contributed by atoms with E-state index in [0.29, 0.717) is 5.71 Å². The van der Waals surface area contributed by atoms with E-state index < -0.39 is 0 Å². The van der Waals surface area contributed by atoms with Crippen molar-refractivity contribution in [1.29, 1.82) is 5.41 Å². The van der Waals surface area contributed by atoms with E-state index in [-0.39, 0.29) is 0 Å². The molecule has 0 aliphatic heterocycles. The molecule has 0 aromatic rings. The van der Waals surface area contributed by atoms with Crippen LogP contribution >= 0.6 is 0 Å². The number of hydrogen-bond donors (Lipinski definition) is 1. The van der Waals surface area contributed by atoms with Crippen molar-refractivity contribution in [3.8, 4) is 0 Å². The Bertz CT molecular complexity index is 218. The molecule has 1 rings (SSSR count). The van der Waals surface area contributed by atoms with Gasteiger partial charge < -0.3 is 5.41 Å². The maximum absolute atomic E-state index is 7.52.